The number of likely N-dealkylation sites (tertiary alicyclic amines) is 1. The maximum atomic E-state index is 13.0. The molecule has 3 aromatic rings. The van der Waals surface area contributed by atoms with E-state index in [0.29, 0.717) is 24.3 Å². The number of pyridine rings is 1. The number of nitrogens with zero attached hydrogens (tertiary/aromatic N) is 4. The molecule has 7 heteroatoms. The number of rotatable bonds is 3. The molecule has 1 saturated heterocycles. The van der Waals surface area contributed by atoms with Crippen LogP contribution in [0.15, 0.2) is 42.6 Å². The number of anilines is 1. The summed E-state index contributed by atoms with van der Waals surface area (Å²) in [5.41, 5.74) is 1.73. The van der Waals surface area contributed by atoms with Gasteiger partial charge in [0.05, 0.1) is 11.2 Å². The van der Waals surface area contributed by atoms with Crippen molar-refractivity contribution in [1.82, 2.24) is 19.7 Å². The first-order valence-corrected chi connectivity index (χ1v) is 8.88. The maximum Gasteiger partial charge on any atom is 0.275 e. The minimum absolute atomic E-state index is 0.215. The monoisotopic (exact) mass is 363 g/mol. The van der Waals surface area contributed by atoms with Crippen LogP contribution < -0.4 is 5.32 Å². The van der Waals surface area contributed by atoms with Crippen LogP contribution in [0, 0.1) is 6.92 Å². The number of carbonyl (C=O) groups is 2. The summed E-state index contributed by atoms with van der Waals surface area (Å²) in [4.78, 5) is 31.8. The second kappa shape index (κ2) is 6.19. The standard InChI is InChI=1S/C20H21N5O2/c1-13-12-16(23-24(13)3)18(26)25-11-9-20(25,2)19(27)22-15-8-4-6-14-7-5-10-21-17(14)15/h4-8,10,12H,9,11H2,1-3H3,(H,22,27). The van der Waals surface area contributed by atoms with Crippen LogP contribution in [-0.2, 0) is 11.8 Å². The highest BCUT2D eigenvalue weighted by molar-refractivity contribution is 6.07. The van der Waals surface area contributed by atoms with Crippen LogP contribution in [0.25, 0.3) is 10.9 Å². The third kappa shape index (κ3) is 2.75. The molecular formula is C20H21N5O2. The van der Waals surface area contributed by atoms with Crippen LogP contribution in [0.1, 0.15) is 29.5 Å². The Bertz CT molecular complexity index is 1030. The summed E-state index contributed by atoms with van der Waals surface area (Å²) >= 11 is 0. The van der Waals surface area contributed by atoms with E-state index in [1.165, 1.54) is 0 Å². The molecular weight excluding hydrogens is 342 g/mol. The van der Waals surface area contributed by atoms with E-state index in [0.717, 1.165) is 16.6 Å². The average molecular weight is 363 g/mol. The smallest absolute Gasteiger partial charge is 0.275 e. The van der Waals surface area contributed by atoms with E-state index < -0.39 is 5.54 Å². The average Bonchev–Trinajstić information content (AvgIpc) is 2.99. The molecule has 0 radical (unpaired) electrons. The van der Waals surface area contributed by atoms with Gasteiger partial charge in [0, 0.05) is 30.9 Å². The molecule has 1 unspecified atom stereocenters. The molecule has 138 valence electrons. The molecule has 0 bridgehead atoms. The maximum absolute atomic E-state index is 13.0. The highest BCUT2D eigenvalue weighted by atomic mass is 16.2. The molecule has 4 rings (SSSR count). The molecule has 1 fully saturated rings. The summed E-state index contributed by atoms with van der Waals surface area (Å²) in [6.45, 7) is 4.21. The van der Waals surface area contributed by atoms with Gasteiger partial charge in [0.15, 0.2) is 5.69 Å². The minimum Gasteiger partial charge on any atom is -0.323 e. The van der Waals surface area contributed by atoms with Crippen LogP contribution in [0.3, 0.4) is 0 Å². The molecule has 27 heavy (non-hydrogen) atoms. The lowest BCUT2D eigenvalue weighted by atomic mass is 9.85. The normalized spacial score (nSPS) is 19.0. The molecule has 2 aromatic heterocycles. The number of hydrogen-bond acceptors (Lipinski definition) is 4. The molecule has 1 aliphatic rings. The van der Waals surface area contributed by atoms with E-state index in [-0.39, 0.29) is 11.8 Å². The molecule has 1 N–H and O–H groups in total. The number of benzene rings is 1. The van der Waals surface area contributed by atoms with Gasteiger partial charge in [-0.15, -0.1) is 0 Å². The van der Waals surface area contributed by atoms with Crippen LogP contribution >= 0.6 is 0 Å². The first-order valence-electron chi connectivity index (χ1n) is 8.88. The fourth-order valence-electron chi connectivity index (χ4n) is 3.39. The van der Waals surface area contributed by atoms with E-state index >= 15 is 0 Å². The van der Waals surface area contributed by atoms with Crippen molar-refractivity contribution >= 4 is 28.4 Å². The lowest BCUT2D eigenvalue weighted by Gasteiger charge is -2.48. The van der Waals surface area contributed by atoms with Crippen molar-refractivity contribution in [2.45, 2.75) is 25.8 Å². The Labute approximate surface area is 157 Å². The Kier molecular flexibility index (Phi) is 3.95. The lowest BCUT2D eigenvalue weighted by molar-refractivity contribution is -0.132. The zero-order chi connectivity index (χ0) is 19.2. The Hall–Kier alpha value is -3.22. The zero-order valence-electron chi connectivity index (χ0n) is 15.6. The zero-order valence-corrected chi connectivity index (χ0v) is 15.6. The van der Waals surface area contributed by atoms with Crippen LogP contribution in [-0.4, -0.2) is 43.6 Å². The van der Waals surface area contributed by atoms with Crippen molar-refractivity contribution in [2.24, 2.45) is 7.05 Å². The summed E-state index contributed by atoms with van der Waals surface area (Å²) in [7, 11) is 1.79. The quantitative estimate of drug-likeness (QED) is 0.775. The van der Waals surface area contributed by atoms with E-state index in [1.807, 2.05) is 37.3 Å². The second-order valence-corrected chi connectivity index (χ2v) is 7.11. The van der Waals surface area contributed by atoms with Crippen LogP contribution in [0.2, 0.25) is 0 Å². The molecule has 3 heterocycles. The molecule has 0 spiro atoms. The van der Waals surface area contributed by atoms with E-state index in [2.05, 4.69) is 15.4 Å². The van der Waals surface area contributed by atoms with Crippen molar-refractivity contribution in [2.75, 3.05) is 11.9 Å². The van der Waals surface area contributed by atoms with Crippen molar-refractivity contribution in [3.05, 3.63) is 54.0 Å². The van der Waals surface area contributed by atoms with E-state index in [1.54, 1.807) is 35.8 Å². The number of fused-ring (bicyclic) bond motifs is 1. The van der Waals surface area contributed by atoms with Gasteiger partial charge in [0.25, 0.3) is 5.91 Å². The number of carbonyl (C=O) groups excluding carboxylic acids is 2. The Morgan fingerprint density at radius 1 is 1.22 bits per heavy atom. The fraction of sp³-hybridized carbons (Fsp3) is 0.300. The number of amides is 2. The second-order valence-electron chi connectivity index (χ2n) is 7.11. The van der Waals surface area contributed by atoms with Gasteiger partial charge in [-0.3, -0.25) is 19.3 Å². The molecule has 7 nitrogen and oxygen atoms in total. The molecule has 1 atom stereocenters. The van der Waals surface area contributed by atoms with Crippen LogP contribution in [0.5, 0.6) is 0 Å². The van der Waals surface area contributed by atoms with Gasteiger partial charge in [-0.1, -0.05) is 18.2 Å². The number of aryl methyl sites for hydroxylation is 2. The number of aromatic nitrogens is 3. The topological polar surface area (TPSA) is 80.1 Å². The van der Waals surface area contributed by atoms with E-state index in [4.69, 9.17) is 0 Å². The SMILES string of the molecule is Cc1cc(C(=O)N2CCC2(C)C(=O)Nc2cccc3cccnc23)nn1C. The van der Waals surface area contributed by atoms with Crippen molar-refractivity contribution in [3.63, 3.8) is 0 Å². The first-order chi connectivity index (χ1) is 12.9. The largest absolute Gasteiger partial charge is 0.323 e. The predicted octanol–water partition coefficient (Wildman–Crippen LogP) is 2.52. The third-order valence-electron chi connectivity index (χ3n) is 5.37. The van der Waals surface area contributed by atoms with E-state index in [9.17, 15) is 9.59 Å². The summed E-state index contributed by atoms with van der Waals surface area (Å²) in [6, 6.07) is 11.2. The molecule has 1 aliphatic heterocycles. The molecule has 1 aromatic carbocycles. The predicted molar refractivity (Wildman–Crippen MR) is 102 cm³/mol. The van der Waals surface area contributed by atoms with Gasteiger partial charge in [-0.25, -0.2) is 0 Å². The van der Waals surface area contributed by atoms with Gasteiger partial charge in [0.2, 0.25) is 5.91 Å². The molecule has 0 aliphatic carbocycles. The summed E-state index contributed by atoms with van der Waals surface area (Å²) in [5, 5.41) is 8.16. The van der Waals surface area contributed by atoms with Crippen molar-refractivity contribution < 1.29 is 9.59 Å². The summed E-state index contributed by atoms with van der Waals surface area (Å²) in [6.07, 6.45) is 2.30. The minimum atomic E-state index is -0.903. The van der Waals surface area contributed by atoms with Gasteiger partial charge < -0.3 is 10.2 Å². The third-order valence-corrected chi connectivity index (χ3v) is 5.37. The van der Waals surface area contributed by atoms with Gasteiger partial charge in [-0.2, -0.15) is 5.10 Å². The Morgan fingerprint density at radius 2 is 2.00 bits per heavy atom. The highest BCUT2D eigenvalue weighted by Crippen LogP contribution is 2.34. The Morgan fingerprint density at radius 3 is 2.67 bits per heavy atom. The Balaban J connectivity index is 1.58. The summed E-state index contributed by atoms with van der Waals surface area (Å²) in [5.74, 6) is -0.438. The lowest BCUT2D eigenvalue weighted by Crippen LogP contribution is -2.66. The number of para-hydroxylation sites is 1. The fourth-order valence-corrected chi connectivity index (χ4v) is 3.39. The van der Waals surface area contributed by atoms with Crippen molar-refractivity contribution in [3.8, 4) is 0 Å². The summed E-state index contributed by atoms with van der Waals surface area (Å²) < 4.78 is 1.66. The van der Waals surface area contributed by atoms with Gasteiger partial charge in [-0.05, 0) is 38.5 Å². The molecule has 0 saturated carbocycles. The highest BCUT2D eigenvalue weighted by Gasteiger charge is 2.50. The van der Waals surface area contributed by atoms with Crippen LogP contribution in [0.4, 0.5) is 5.69 Å². The molecule has 2 amide bonds. The van der Waals surface area contributed by atoms with Crippen molar-refractivity contribution in [1.29, 1.82) is 0 Å². The van der Waals surface area contributed by atoms with Gasteiger partial charge in [0.1, 0.15) is 5.54 Å². The number of hydrogen-bond donors (Lipinski definition) is 1. The first kappa shape index (κ1) is 17.2. The number of nitrogens with one attached hydrogen (secondary N) is 1. The van der Waals surface area contributed by atoms with Gasteiger partial charge >= 0.3 is 0 Å².